The summed E-state index contributed by atoms with van der Waals surface area (Å²) in [4.78, 5) is 0.377. The number of hydrogen-bond donors (Lipinski definition) is 0. The molecule has 8 heteroatoms. The molecule has 42 heavy (non-hydrogen) atoms. The predicted molar refractivity (Wildman–Crippen MR) is 166 cm³/mol. The van der Waals surface area contributed by atoms with Crippen LogP contribution >= 0.6 is 0 Å². The Morgan fingerprint density at radius 1 is 0.452 bits per heavy atom. The van der Waals surface area contributed by atoms with E-state index in [1.165, 1.54) is 11.1 Å². The lowest BCUT2D eigenvalue weighted by molar-refractivity contribution is 0.308. The van der Waals surface area contributed by atoms with E-state index in [4.69, 9.17) is 8.37 Å². The molecule has 0 saturated carbocycles. The van der Waals surface area contributed by atoms with E-state index < -0.39 is 20.2 Å². The highest BCUT2D eigenvalue weighted by Crippen LogP contribution is 2.22. The first-order valence-electron chi connectivity index (χ1n) is 14.2. The van der Waals surface area contributed by atoms with Crippen molar-refractivity contribution in [1.82, 2.24) is 0 Å². The first-order valence-corrected chi connectivity index (χ1v) is 17.0. The summed E-state index contributed by atoms with van der Waals surface area (Å²) in [6.07, 6.45) is 4.68. The van der Waals surface area contributed by atoms with Crippen LogP contribution in [0.4, 0.5) is 0 Å². The fraction of sp³-hybridized carbons (Fsp3) is 0.294. The highest BCUT2D eigenvalue weighted by atomic mass is 32.2. The van der Waals surface area contributed by atoms with Crippen LogP contribution in [0.5, 0.6) is 0 Å². The SMILES string of the molecule is Cc1ccc(S(=O)(=O)OCCCCc2ccc(-c3ccc(CCCCOS(=O)(=O)c4ccc(C)cc4)cc3)cc2)cc1. The molecule has 0 heterocycles. The molecular weight excluding hydrogens is 569 g/mol. The molecular formula is C34H38O6S2. The van der Waals surface area contributed by atoms with Gasteiger partial charge in [-0.3, -0.25) is 8.37 Å². The van der Waals surface area contributed by atoms with Gasteiger partial charge in [0.15, 0.2) is 0 Å². The van der Waals surface area contributed by atoms with E-state index in [-0.39, 0.29) is 23.0 Å². The van der Waals surface area contributed by atoms with E-state index in [2.05, 4.69) is 48.5 Å². The fourth-order valence-corrected chi connectivity index (χ4v) is 6.36. The maximum Gasteiger partial charge on any atom is 0.296 e. The molecule has 6 nitrogen and oxygen atoms in total. The summed E-state index contributed by atoms with van der Waals surface area (Å²) in [5.74, 6) is 0. The monoisotopic (exact) mass is 606 g/mol. The quantitative estimate of drug-likeness (QED) is 0.103. The summed E-state index contributed by atoms with van der Waals surface area (Å²) in [6, 6.07) is 30.2. The molecule has 0 atom stereocenters. The zero-order chi connectivity index (χ0) is 30.0. The third-order valence-electron chi connectivity index (χ3n) is 7.06. The van der Waals surface area contributed by atoms with Gasteiger partial charge in [0.1, 0.15) is 0 Å². The highest BCUT2D eigenvalue weighted by Gasteiger charge is 2.15. The molecule has 0 amide bonds. The molecule has 4 aromatic rings. The van der Waals surface area contributed by atoms with Crippen molar-refractivity contribution >= 4 is 20.2 Å². The van der Waals surface area contributed by atoms with Crippen LogP contribution in [0.15, 0.2) is 107 Å². The molecule has 0 N–H and O–H groups in total. The van der Waals surface area contributed by atoms with E-state index in [1.54, 1.807) is 48.5 Å². The fourth-order valence-electron chi connectivity index (χ4n) is 4.47. The summed E-state index contributed by atoms with van der Waals surface area (Å²) < 4.78 is 59.5. The Bertz CT molecular complexity index is 1500. The average molecular weight is 607 g/mol. The van der Waals surface area contributed by atoms with Gasteiger partial charge < -0.3 is 0 Å². The molecule has 0 aliphatic rings. The Morgan fingerprint density at radius 3 is 1.12 bits per heavy atom. The zero-order valence-electron chi connectivity index (χ0n) is 24.2. The van der Waals surface area contributed by atoms with Gasteiger partial charge in [0.2, 0.25) is 0 Å². The van der Waals surface area contributed by atoms with E-state index in [1.807, 2.05) is 13.8 Å². The third kappa shape index (κ3) is 9.36. The summed E-state index contributed by atoms with van der Waals surface area (Å²) in [7, 11) is -7.43. The van der Waals surface area contributed by atoms with Crippen LogP contribution in [0.1, 0.15) is 47.9 Å². The van der Waals surface area contributed by atoms with Gasteiger partial charge in [0.25, 0.3) is 20.2 Å². The summed E-state index contributed by atoms with van der Waals surface area (Å²) in [5, 5.41) is 0. The van der Waals surface area contributed by atoms with E-state index in [9.17, 15) is 16.8 Å². The van der Waals surface area contributed by atoms with Crippen molar-refractivity contribution in [3.63, 3.8) is 0 Å². The lowest BCUT2D eigenvalue weighted by Gasteiger charge is -2.08. The van der Waals surface area contributed by atoms with Crippen LogP contribution in [0.3, 0.4) is 0 Å². The minimum atomic E-state index is -3.71. The Balaban J connectivity index is 1.15. The molecule has 0 spiro atoms. The lowest BCUT2D eigenvalue weighted by Crippen LogP contribution is -2.07. The summed E-state index contributed by atoms with van der Waals surface area (Å²) >= 11 is 0. The third-order valence-corrected chi connectivity index (χ3v) is 9.71. The van der Waals surface area contributed by atoms with E-state index >= 15 is 0 Å². The molecule has 0 bridgehead atoms. The first kappa shape index (κ1) is 31.6. The molecule has 0 aromatic heterocycles. The Kier molecular flexibility index (Phi) is 11.1. The van der Waals surface area contributed by atoms with Crippen LogP contribution in [0, 0.1) is 13.8 Å². The maximum atomic E-state index is 12.3. The van der Waals surface area contributed by atoms with Crippen LogP contribution in [-0.2, 0) is 41.4 Å². The molecule has 222 valence electrons. The lowest BCUT2D eigenvalue weighted by atomic mass is 9.99. The van der Waals surface area contributed by atoms with Gasteiger partial charge in [-0.2, -0.15) is 16.8 Å². The highest BCUT2D eigenvalue weighted by molar-refractivity contribution is 7.87. The van der Waals surface area contributed by atoms with Gasteiger partial charge in [-0.25, -0.2) is 0 Å². The van der Waals surface area contributed by atoms with Gasteiger partial charge in [-0.05, 0) is 98.9 Å². The number of benzene rings is 4. The largest absolute Gasteiger partial charge is 0.296 e. The van der Waals surface area contributed by atoms with Crippen molar-refractivity contribution in [3.8, 4) is 11.1 Å². The molecule has 4 aromatic carbocycles. The second kappa shape index (κ2) is 14.7. The standard InChI is InChI=1S/C34H38O6S2/c1-27-9-21-33(22-10-27)41(35,36)39-25-5-3-7-29-13-17-31(18-14-29)32-19-15-30(16-20-32)8-4-6-26-40-42(37,38)34-23-11-28(2)12-24-34/h9-24H,3-8,25-26H2,1-2H3. The molecule has 0 fully saturated rings. The summed E-state index contributed by atoms with van der Waals surface area (Å²) in [5.41, 5.74) is 6.66. The second-order valence-electron chi connectivity index (χ2n) is 10.5. The van der Waals surface area contributed by atoms with E-state index in [0.29, 0.717) is 12.8 Å². The van der Waals surface area contributed by atoms with Crippen molar-refractivity contribution in [3.05, 3.63) is 119 Å². The molecule has 4 rings (SSSR count). The van der Waals surface area contributed by atoms with Gasteiger partial charge in [-0.1, -0.05) is 83.9 Å². The van der Waals surface area contributed by atoms with Crippen molar-refractivity contribution in [1.29, 1.82) is 0 Å². The van der Waals surface area contributed by atoms with Crippen LogP contribution in [0.2, 0.25) is 0 Å². The maximum absolute atomic E-state index is 12.3. The number of hydrogen-bond acceptors (Lipinski definition) is 6. The minimum Gasteiger partial charge on any atom is -0.266 e. The number of rotatable bonds is 15. The van der Waals surface area contributed by atoms with Gasteiger partial charge in [0.05, 0.1) is 23.0 Å². The first-order chi connectivity index (χ1) is 20.1. The van der Waals surface area contributed by atoms with Crippen molar-refractivity contribution in [2.24, 2.45) is 0 Å². The molecule has 0 unspecified atom stereocenters. The second-order valence-corrected chi connectivity index (χ2v) is 13.7. The topological polar surface area (TPSA) is 86.7 Å². The average Bonchev–Trinajstić information content (AvgIpc) is 2.98. The Labute approximate surface area is 250 Å². The van der Waals surface area contributed by atoms with Crippen LogP contribution in [-0.4, -0.2) is 30.0 Å². The molecule has 0 radical (unpaired) electrons. The number of aryl methyl sites for hydroxylation is 4. The van der Waals surface area contributed by atoms with Crippen molar-refractivity contribution in [2.45, 2.75) is 62.2 Å². The van der Waals surface area contributed by atoms with Crippen LogP contribution in [0.25, 0.3) is 11.1 Å². The smallest absolute Gasteiger partial charge is 0.266 e. The molecule has 0 saturated heterocycles. The van der Waals surface area contributed by atoms with Gasteiger partial charge in [-0.15, -0.1) is 0 Å². The number of unbranched alkanes of at least 4 members (excludes halogenated alkanes) is 2. The van der Waals surface area contributed by atoms with E-state index in [0.717, 1.165) is 47.9 Å². The van der Waals surface area contributed by atoms with Crippen molar-refractivity contribution < 1.29 is 25.2 Å². The minimum absolute atomic E-state index is 0.167. The van der Waals surface area contributed by atoms with Crippen LogP contribution < -0.4 is 0 Å². The Hall–Kier alpha value is -3.30. The predicted octanol–water partition coefficient (Wildman–Crippen LogP) is 7.43. The normalized spacial score (nSPS) is 12.0. The summed E-state index contributed by atoms with van der Waals surface area (Å²) in [6.45, 7) is 4.16. The molecule has 0 aliphatic heterocycles. The molecule has 0 aliphatic carbocycles. The zero-order valence-corrected chi connectivity index (χ0v) is 25.8. The van der Waals surface area contributed by atoms with Crippen molar-refractivity contribution in [2.75, 3.05) is 13.2 Å². The Morgan fingerprint density at radius 2 is 0.786 bits per heavy atom. The van der Waals surface area contributed by atoms with Gasteiger partial charge >= 0.3 is 0 Å². The van der Waals surface area contributed by atoms with Gasteiger partial charge in [0, 0.05) is 0 Å².